The molecule has 0 fully saturated rings. The van der Waals surface area contributed by atoms with Gasteiger partial charge in [0.25, 0.3) is 0 Å². The Kier molecular flexibility index (Phi) is 5.92. The Balaban J connectivity index is 1.95. The SMILES string of the molecule is CCOc1ccccc1/C=N\NC(=O)Cc1ccc(C)c(C)c1. The average molecular weight is 310 g/mol. The molecule has 0 aliphatic rings. The molecule has 2 aromatic rings. The first-order chi connectivity index (χ1) is 11.1. The highest BCUT2D eigenvalue weighted by molar-refractivity contribution is 5.85. The van der Waals surface area contributed by atoms with Crippen LogP contribution in [-0.4, -0.2) is 18.7 Å². The molecule has 120 valence electrons. The van der Waals surface area contributed by atoms with Crippen molar-refractivity contribution in [1.29, 1.82) is 0 Å². The van der Waals surface area contributed by atoms with Crippen LogP contribution in [0.5, 0.6) is 5.75 Å². The minimum Gasteiger partial charge on any atom is -0.493 e. The normalized spacial score (nSPS) is 10.7. The predicted molar refractivity (Wildman–Crippen MR) is 93.0 cm³/mol. The van der Waals surface area contributed by atoms with E-state index in [-0.39, 0.29) is 5.91 Å². The maximum Gasteiger partial charge on any atom is 0.244 e. The Morgan fingerprint density at radius 3 is 2.70 bits per heavy atom. The standard InChI is InChI=1S/C19H22N2O2/c1-4-23-18-8-6-5-7-17(18)13-20-21-19(22)12-16-10-9-14(2)15(3)11-16/h5-11,13H,4,12H2,1-3H3,(H,21,22)/b20-13-. The summed E-state index contributed by atoms with van der Waals surface area (Å²) in [4.78, 5) is 12.0. The van der Waals surface area contributed by atoms with Crippen molar-refractivity contribution in [3.63, 3.8) is 0 Å². The highest BCUT2D eigenvalue weighted by Gasteiger charge is 2.04. The number of carbonyl (C=O) groups excluding carboxylic acids is 1. The van der Waals surface area contributed by atoms with Gasteiger partial charge in [0.05, 0.1) is 19.2 Å². The van der Waals surface area contributed by atoms with Crippen LogP contribution in [0.3, 0.4) is 0 Å². The van der Waals surface area contributed by atoms with Crippen LogP contribution in [0.15, 0.2) is 47.6 Å². The molecular formula is C19H22N2O2. The number of aryl methyl sites for hydroxylation is 2. The van der Waals surface area contributed by atoms with Gasteiger partial charge in [-0.25, -0.2) is 5.43 Å². The second kappa shape index (κ2) is 8.13. The number of hydrogen-bond acceptors (Lipinski definition) is 3. The first kappa shape index (κ1) is 16.7. The molecule has 0 saturated heterocycles. The summed E-state index contributed by atoms with van der Waals surface area (Å²) in [7, 11) is 0. The van der Waals surface area contributed by atoms with E-state index in [1.54, 1.807) is 6.21 Å². The number of carbonyl (C=O) groups is 1. The molecule has 4 nitrogen and oxygen atoms in total. The lowest BCUT2D eigenvalue weighted by molar-refractivity contribution is -0.120. The zero-order chi connectivity index (χ0) is 16.7. The van der Waals surface area contributed by atoms with Gasteiger partial charge in [0, 0.05) is 5.56 Å². The van der Waals surface area contributed by atoms with E-state index in [4.69, 9.17) is 4.74 Å². The molecule has 2 aromatic carbocycles. The molecule has 23 heavy (non-hydrogen) atoms. The Hall–Kier alpha value is -2.62. The summed E-state index contributed by atoms with van der Waals surface area (Å²) in [5, 5.41) is 4.02. The summed E-state index contributed by atoms with van der Waals surface area (Å²) in [6.45, 7) is 6.61. The van der Waals surface area contributed by atoms with E-state index in [2.05, 4.69) is 17.5 Å². The molecule has 1 N–H and O–H groups in total. The van der Waals surface area contributed by atoms with Gasteiger partial charge in [0.1, 0.15) is 5.75 Å². The van der Waals surface area contributed by atoms with E-state index in [0.717, 1.165) is 16.9 Å². The zero-order valence-electron chi connectivity index (χ0n) is 13.8. The third kappa shape index (κ3) is 4.95. The number of benzene rings is 2. The van der Waals surface area contributed by atoms with Gasteiger partial charge in [-0.15, -0.1) is 0 Å². The predicted octanol–water partition coefficient (Wildman–Crippen LogP) is 3.39. The van der Waals surface area contributed by atoms with Crippen molar-refractivity contribution in [2.75, 3.05) is 6.61 Å². The van der Waals surface area contributed by atoms with Gasteiger partial charge in [0.15, 0.2) is 0 Å². The maximum atomic E-state index is 12.0. The Bertz CT molecular complexity index is 708. The first-order valence-electron chi connectivity index (χ1n) is 7.70. The van der Waals surface area contributed by atoms with Gasteiger partial charge in [-0.3, -0.25) is 4.79 Å². The van der Waals surface area contributed by atoms with Crippen molar-refractivity contribution < 1.29 is 9.53 Å². The molecule has 0 radical (unpaired) electrons. The topological polar surface area (TPSA) is 50.7 Å². The molecule has 0 spiro atoms. The molecule has 0 aliphatic carbocycles. The van der Waals surface area contributed by atoms with Crippen LogP contribution in [0.4, 0.5) is 0 Å². The monoisotopic (exact) mass is 310 g/mol. The second-order valence-corrected chi connectivity index (χ2v) is 5.36. The van der Waals surface area contributed by atoms with Gasteiger partial charge in [-0.05, 0) is 49.6 Å². The number of hydrogen-bond donors (Lipinski definition) is 1. The highest BCUT2D eigenvalue weighted by atomic mass is 16.5. The lowest BCUT2D eigenvalue weighted by atomic mass is 10.0. The second-order valence-electron chi connectivity index (χ2n) is 5.36. The van der Waals surface area contributed by atoms with Crippen LogP contribution in [-0.2, 0) is 11.2 Å². The van der Waals surface area contributed by atoms with Gasteiger partial charge < -0.3 is 4.74 Å². The van der Waals surface area contributed by atoms with Gasteiger partial charge in [-0.2, -0.15) is 5.10 Å². The molecule has 0 aromatic heterocycles. The largest absolute Gasteiger partial charge is 0.493 e. The summed E-state index contributed by atoms with van der Waals surface area (Å²) < 4.78 is 5.51. The Morgan fingerprint density at radius 2 is 1.96 bits per heavy atom. The van der Waals surface area contributed by atoms with E-state index >= 15 is 0 Å². The minimum atomic E-state index is -0.140. The van der Waals surface area contributed by atoms with Crippen LogP contribution in [0.2, 0.25) is 0 Å². The fraction of sp³-hybridized carbons (Fsp3) is 0.263. The lowest BCUT2D eigenvalue weighted by Crippen LogP contribution is -2.19. The van der Waals surface area contributed by atoms with E-state index in [9.17, 15) is 4.79 Å². The van der Waals surface area contributed by atoms with Crippen LogP contribution >= 0.6 is 0 Å². The number of nitrogens with one attached hydrogen (secondary N) is 1. The van der Waals surface area contributed by atoms with Crippen molar-refractivity contribution in [2.45, 2.75) is 27.2 Å². The van der Waals surface area contributed by atoms with Crippen molar-refractivity contribution in [1.82, 2.24) is 5.43 Å². The first-order valence-corrected chi connectivity index (χ1v) is 7.70. The maximum absolute atomic E-state index is 12.0. The van der Waals surface area contributed by atoms with Crippen molar-refractivity contribution in [2.24, 2.45) is 5.10 Å². The summed E-state index contributed by atoms with van der Waals surface area (Å²) in [6.07, 6.45) is 1.91. The van der Waals surface area contributed by atoms with E-state index < -0.39 is 0 Å². The van der Waals surface area contributed by atoms with Gasteiger partial charge in [0.2, 0.25) is 5.91 Å². The van der Waals surface area contributed by atoms with E-state index in [1.807, 2.05) is 56.3 Å². The fourth-order valence-electron chi connectivity index (χ4n) is 2.19. The number of ether oxygens (including phenoxy) is 1. The lowest BCUT2D eigenvalue weighted by Gasteiger charge is -2.06. The smallest absolute Gasteiger partial charge is 0.244 e. The molecule has 4 heteroatoms. The van der Waals surface area contributed by atoms with Crippen molar-refractivity contribution in [3.8, 4) is 5.75 Å². The molecule has 1 amide bonds. The summed E-state index contributed by atoms with van der Waals surface area (Å²) in [6, 6.07) is 13.6. The van der Waals surface area contributed by atoms with Crippen LogP contribution in [0.1, 0.15) is 29.2 Å². The zero-order valence-corrected chi connectivity index (χ0v) is 13.8. The van der Waals surface area contributed by atoms with Crippen molar-refractivity contribution >= 4 is 12.1 Å². The molecule has 0 bridgehead atoms. The molecule has 0 atom stereocenters. The number of rotatable bonds is 6. The number of nitrogens with zero attached hydrogens (tertiary/aromatic N) is 1. The third-order valence-corrected chi connectivity index (χ3v) is 3.55. The summed E-state index contributed by atoms with van der Waals surface area (Å²) >= 11 is 0. The van der Waals surface area contributed by atoms with Gasteiger partial charge >= 0.3 is 0 Å². The fourth-order valence-corrected chi connectivity index (χ4v) is 2.19. The van der Waals surface area contributed by atoms with E-state index in [1.165, 1.54) is 11.1 Å². The number of hydrazone groups is 1. The van der Waals surface area contributed by atoms with Gasteiger partial charge in [-0.1, -0.05) is 30.3 Å². The third-order valence-electron chi connectivity index (χ3n) is 3.55. The summed E-state index contributed by atoms with van der Waals surface area (Å²) in [5.74, 6) is 0.612. The molecule has 0 saturated carbocycles. The van der Waals surface area contributed by atoms with Crippen LogP contribution in [0, 0.1) is 13.8 Å². The molecular weight excluding hydrogens is 288 g/mol. The Morgan fingerprint density at radius 1 is 1.17 bits per heavy atom. The average Bonchev–Trinajstić information content (AvgIpc) is 2.53. The molecule has 2 rings (SSSR count). The molecule has 0 unspecified atom stereocenters. The van der Waals surface area contributed by atoms with Crippen molar-refractivity contribution in [3.05, 3.63) is 64.7 Å². The number of amides is 1. The molecule has 0 heterocycles. The minimum absolute atomic E-state index is 0.140. The Labute approximate surface area is 137 Å². The highest BCUT2D eigenvalue weighted by Crippen LogP contribution is 2.15. The van der Waals surface area contributed by atoms with Crippen LogP contribution < -0.4 is 10.2 Å². The summed E-state index contributed by atoms with van der Waals surface area (Å²) in [5.41, 5.74) is 6.78. The van der Waals surface area contributed by atoms with E-state index in [0.29, 0.717) is 13.0 Å². The van der Waals surface area contributed by atoms with Crippen LogP contribution in [0.25, 0.3) is 0 Å². The number of para-hydroxylation sites is 1. The molecule has 0 aliphatic heterocycles. The quantitative estimate of drug-likeness (QED) is 0.657.